The maximum Gasteiger partial charge on any atom is 0.0534 e. The molecule has 0 amide bonds. The van der Waals surface area contributed by atoms with E-state index in [4.69, 9.17) is 5.11 Å². The molecular formula is C9H9BrIO. The fourth-order valence-electron chi connectivity index (χ4n) is 0.853. The van der Waals surface area contributed by atoms with Gasteiger partial charge in [0.2, 0.25) is 0 Å². The van der Waals surface area contributed by atoms with Crippen molar-refractivity contribution in [1.82, 2.24) is 0 Å². The Morgan fingerprint density at radius 2 is 2.25 bits per heavy atom. The van der Waals surface area contributed by atoms with Gasteiger partial charge in [-0.25, -0.2) is 0 Å². The Morgan fingerprint density at radius 1 is 1.58 bits per heavy atom. The zero-order chi connectivity index (χ0) is 9.14. The van der Waals surface area contributed by atoms with Crippen LogP contribution in [0.5, 0.6) is 0 Å². The molecule has 0 saturated heterocycles. The third kappa shape index (κ3) is 2.44. The molecule has 0 bridgehead atoms. The Morgan fingerprint density at radius 3 is 2.75 bits per heavy atom. The average Bonchev–Trinajstić information content (AvgIpc) is 2.08. The fraction of sp³-hybridized carbons (Fsp3) is 0.222. The summed E-state index contributed by atoms with van der Waals surface area (Å²) < 4.78 is 2.26. The van der Waals surface area contributed by atoms with E-state index in [1.165, 1.54) is 3.57 Å². The Kier molecular flexibility index (Phi) is 3.99. The summed E-state index contributed by atoms with van der Waals surface area (Å²) >= 11 is 5.70. The van der Waals surface area contributed by atoms with Crippen LogP contribution in [-0.2, 0) is 0 Å². The van der Waals surface area contributed by atoms with Crippen molar-refractivity contribution in [3.05, 3.63) is 37.7 Å². The van der Waals surface area contributed by atoms with Crippen molar-refractivity contribution in [2.24, 2.45) is 0 Å². The van der Waals surface area contributed by atoms with Crippen molar-refractivity contribution in [1.29, 1.82) is 0 Å². The highest BCUT2D eigenvalue weighted by Crippen LogP contribution is 2.23. The van der Waals surface area contributed by atoms with Gasteiger partial charge in [0, 0.05) is 14.0 Å². The molecule has 0 aromatic heterocycles. The van der Waals surface area contributed by atoms with Gasteiger partial charge in [-0.2, -0.15) is 0 Å². The van der Waals surface area contributed by atoms with Gasteiger partial charge in [0.05, 0.1) is 6.61 Å². The summed E-state index contributed by atoms with van der Waals surface area (Å²) in [5.41, 5.74) is 1.09. The van der Waals surface area contributed by atoms with Crippen molar-refractivity contribution in [2.45, 2.75) is 6.92 Å². The van der Waals surface area contributed by atoms with E-state index in [9.17, 15) is 0 Å². The zero-order valence-electron chi connectivity index (χ0n) is 6.64. The van der Waals surface area contributed by atoms with Gasteiger partial charge in [-0.05, 0) is 56.2 Å². The van der Waals surface area contributed by atoms with E-state index in [2.05, 4.69) is 38.5 Å². The van der Waals surface area contributed by atoms with Crippen molar-refractivity contribution in [3.8, 4) is 0 Å². The zero-order valence-corrected chi connectivity index (χ0v) is 10.4. The van der Waals surface area contributed by atoms with E-state index in [0.717, 1.165) is 16.0 Å². The number of halogens is 2. The molecule has 1 N–H and O–H groups in total. The van der Waals surface area contributed by atoms with E-state index in [0.29, 0.717) is 0 Å². The van der Waals surface area contributed by atoms with Gasteiger partial charge < -0.3 is 5.11 Å². The summed E-state index contributed by atoms with van der Waals surface area (Å²) in [7, 11) is 0. The summed E-state index contributed by atoms with van der Waals surface area (Å²) in [5.74, 6) is 0.993. The van der Waals surface area contributed by atoms with Crippen molar-refractivity contribution in [2.75, 3.05) is 6.61 Å². The van der Waals surface area contributed by atoms with Crippen LogP contribution >= 0.6 is 38.5 Å². The van der Waals surface area contributed by atoms with Crippen LogP contribution in [0, 0.1) is 9.49 Å². The maximum absolute atomic E-state index is 8.89. The highest BCUT2D eigenvalue weighted by molar-refractivity contribution is 14.1. The largest absolute Gasteiger partial charge is 0.395 e. The van der Waals surface area contributed by atoms with E-state index < -0.39 is 0 Å². The molecule has 65 valence electrons. The number of rotatable bonds is 2. The highest BCUT2D eigenvalue weighted by Gasteiger charge is 2.05. The van der Waals surface area contributed by atoms with E-state index >= 15 is 0 Å². The Hall–Kier alpha value is 0.390. The topological polar surface area (TPSA) is 20.2 Å². The molecule has 0 unspecified atom stereocenters. The summed E-state index contributed by atoms with van der Waals surface area (Å²) in [6.07, 6.45) is 0. The minimum Gasteiger partial charge on any atom is -0.395 e. The van der Waals surface area contributed by atoms with Crippen LogP contribution in [0.15, 0.2) is 22.7 Å². The van der Waals surface area contributed by atoms with Gasteiger partial charge in [-0.1, -0.05) is 13.0 Å². The predicted molar refractivity (Wildman–Crippen MR) is 62.0 cm³/mol. The molecule has 1 aromatic rings. The standard InChI is InChI=1S/C9H9BrIO/c1-6(5-12)7-2-3-9(11)8(10)4-7/h2-4,12H,5H2,1H3. The van der Waals surface area contributed by atoms with Gasteiger partial charge >= 0.3 is 0 Å². The predicted octanol–water partition coefficient (Wildman–Crippen LogP) is 2.99. The summed E-state index contributed by atoms with van der Waals surface area (Å²) in [6.45, 7) is 2.04. The van der Waals surface area contributed by atoms with Crippen LogP contribution in [-0.4, -0.2) is 11.7 Å². The second-order valence-corrected chi connectivity index (χ2v) is 4.58. The monoisotopic (exact) mass is 339 g/mol. The quantitative estimate of drug-likeness (QED) is 0.821. The molecule has 0 aliphatic heterocycles. The first-order valence-electron chi connectivity index (χ1n) is 3.54. The molecule has 0 fully saturated rings. The maximum atomic E-state index is 8.89. The molecular weight excluding hydrogens is 331 g/mol. The van der Waals surface area contributed by atoms with E-state index in [1.54, 1.807) is 0 Å². The second-order valence-electron chi connectivity index (χ2n) is 2.57. The van der Waals surface area contributed by atoms with E-state index in [-0.39, 0.29) is 6.61 Å². The molecule has 1 nitrogen and oxygen atoms in total. The molecule has 0 atom stereocenters. The molecule has 0 spiro atoms. The minimum atomic E-state index is 0.118. The number of aliphatic hydroxyl groups excluding tert-OH is 1. The van der Waals surface area contributed by atoms with Crippen LogP contribution in [0.4, 0.5) is 0 Å². The van der Waals surface area contributed by atoms with Crippen molar-refractivity contribution >= 4 is 38.5 Å². The number of benzene rings is 1. The van der Waals surface area contributed by atoms with Crippen LogP contribution in [0.1, 0.15) is 12.5 Å². The lowest BCUT2D eigenvalue weighted by atomic mass is 10.0. The Bertz CT molecular complexity index is 275. The van der Waals surface area contributed by atoms with Gasteiger partial charge in [0.25, 0.3) is 0 Å². The summed E-state index contributed by atoms with van der Waals surface area (Å²) in [6, 6.07) is 6.06. The van der Waals surface area contributed by atoms with Crippen molar-refractivity contribution < 1.29 is 5.11 Å². The van der Waals surface area contributed by atoms with Crippen LogP contribution < -0.4 is 0 Å². The van der Waals surface area contributed by atoms with Crippen LogP contribution in [0.2, 0.25) is 0 Å². The van der Waals surface area contributed by atoms with Crippen LogP contribution in [0.3, 0.4) is 0 Å². The summed E-state index contributed by atoms with van der Waals surface area (Å²) in [4.78, 5) is 0. The lowest BCUT2D eigenvalue weighted by Gasteiger charge is -2.08. The Balaban J connectivity index is 2.96. The minimum absolute atomic E-state index is 0.118. The third-order valence-corrected chi connectivity index (χ3v) is 3.99. The Labute approximate surface area is 94.4 Å². The van der Waals surface area contributed by atoms with Crippen molar-refractivity contribution in [3.63, 3.8) is 0 Å². The third-order valence-electron chi connectivity index (χ3n) is 1.65. The number of aliphatic hydroxyl groups is 1. The first-order chi connectivity index (χ1) is 5.65. The first kappa shape index (κ1) is 10.5. The number of hydrogen-bond acceptors (Lipinski definition) is 1. The SMILES string of the molecule is C[C](CO)c1ccc(I)c(Br)c1. The second kappa shape index (κ2) is 4.58. The number of hydrogen-bond donors (Lipinski definition) is 1. The van der Waals surface area contributed by atoms with Crippen LogP contribution in [0.25, 0.3) is 0 Å². The van der Waals surface area contributed by atoms with E-state index in [1.807, 2.05) is 25.1 Å². The molecule has 1 rings (SSSR count). The molecule has 0 heterocycles. The molecule has 1 aromatic carbocycles. The molecule has 3 heteroatoms. The highest BCUT2D eigenvalue weighted by atomic mass is 127. The smallest absolute Gasteiger partial charge is 0.0534 e. The molecule has 12 heavy (non-hydrogen) atoms. The fourth-order valence-corrected chi connectivity index (χ4v) is 1.57. The molecule has 1 radical (unpaired) electrons. The molecule has 0 saturated carbocycles. The summed E-state index contributed by atoms with van der Waals surface area (Å²) in [5, 5.41) is 8.89. The first-order valence-corrected chi connectivity index (χ1v) is 5.41. The lowest BCUT2D eigenvalue weighted by molar-refractivity contribution is 0.315. The van der Waals surface area contributed by atoms with Gasteiger partial charge in [0.15, 0.2) is 0 Å². The normalized spacial score (nSPS) is 10.8. The van der Waals surface area contributed by atoms with Gasteiger partial charge in [-0.3, -0.25) is 0 Å². The lowest BCUT2D eigenvalue weighted by Crippen LogP contribution is -1.99. The van der Waals surface area contributed by atoms with Gasteiger partial charge in [-0.15, -0.1) is 0 Å². The average molecular weight is 340 g/mol. The molecule has 0 aliphatic carbocycles. The van der Waals surface area contributed by atoms with Gasteiger partial charge in [0.1, 0.15) is 0 Å². The molecule has 0 aliphatic rings.